The molecule has 0 aromatic heterocycles. The maximum atomic E-state index is 12.1. The SMILES string of the molecule is COC(=O)C(Nc1cccc(C)c1)c1cc(Br)ccc1Cl. The Labute approximate surface area is 137 Å². The van der Waals surface area contributed by atoms with Gasteiger partial charge in [0.2, 0.25) is 0 Å². The fourth-order valence-electron chi connectivity index (χ4n) is 2.02. The van der Waals surface area contributed by atoms with Crippen LogP contribution < -0.4 is 5.32 Å². The molecule has 0 fully saturated rings. The number of carbonyl (C=O) groups excluding carboxylic acids is 1. The predicted octanol–water partition coefficient (Wildman–Crippen LogP) is 4.74. The van der Waals surface area contributed by atoms with Crippen molar-refractivity contribution in [2.24, 2.45) is 0 Å². The number of anilines is 1. The van der Waals surface area contributed by atoms with Gasteiger partial charge in [-0.15, -0.1) is 0 Å². The summed E-state index contributed by atoms with van der Waals surface area (Å²) in [4.78, 5) is 12.1. The van der Waals surface area contributed by atoms with E-state index in [1.165, 1.54) is 7.11 Å². The molecule has 0 aliphatic heterocycles. The lowest BCUT2D eigenvalue weighted by atomic mass is 10.1. The molecule has 0 saturated heterocycles. The molecule has 0 aliphatic carbocycles. The van der Waals surface area contributed by atoms with Gasteiger partial charge in [0.05, 0.1) is 7.11 Å². The Hall–Kier alpha value is -1.52. The highest BCUT2D eigenvalue weighted by molar-refractivity contribution is 9.10. The van der Waals surface area contributed by atoms with Crippen molar-refractivity contribution in [3.05, 3.63) is 63.1 Å². The number of nitrogens with one attached hydrogen (secondary N) is 1. The second-order valence-electron chi connectivity index (χ2n) is 4.64. The van der Waals surface area contributed by atoms with Gasteiger partial charge in [-0.1, -0.05) is 39.7 Å². The van der Waals surface area contributed by atoms with Crippen molar-refractivity contribution in [2.75, 3.05) is 12.4 Å². The number of aryl methyl sites for hydroxylation is 1. The van der Waals surface area contributed by atoms with Gasteiger partial charge in [0.1, 0.15) is 0 Å². The van der Waals surface area contributed by atoms with E-state index >= 15 is 0 Å². The molecule has 5 heteroatoms. The Bertz CT molecular complexity index is 660. The van der Waals surface area contributed by atoms with E-state index in [9.17, 15) is 4.79 Å². The normalized spacial score (nSPS) is 11.8. The quantitative estimate of drug-likeness (QED) is 0.792. The molecule has 0 spiro atoms. The fourth-order valence-corrected chi connectivity index (χ4v) is 2.62. The molecule has 0 saturated carbocycles. The highest BCUT2D eigenvalue weighted by Gasteiger charge is 2.24. The van der Waals surface area contributed by atoms with Crippen molar-refractivity contribution in [3.8, 4) is 0 Å². The first kappa shape index (κ1) is 15.9. The molecule has 2 aromatic rings. The Balaban J connectivity index is 2.39. The van der Waals surface area contributed by atoms with Gasteiger partial charge < -0.3 is 10.1 Å². The highest BCUT2D eigenvalue weighted by atomic mass is 79.9. The summed E-state index contributed by atoms with van der Waals surface area (Å²) in [6, 6.07) is 12.5. The average molecular weight is 369 g/mol. The second-order valence-corrected chi connectivity index (χ2v) is 5.96. The van der Waals surface area contributed by atoms with Crippen LogP contribution in [0.1, 0.15) is 17.2 Å². The van der Waals surface area contributed by atoms with Crippen LogP contribution in [0.15, 0.2) is 46.9 Å². The monoisotopic (exact) mass is 367 g/mol. The van der Waals surface area contributed by atoms with Crippen LogP contribution in [0.4, 0.5) is 5.69 Å². The van der Waals surface area contributed by atoms with Crippen molar-refractivity contribution in [1.29, 1.82) is 0 Å². The maximum absolute atomic E-state index is 12.1. The number of hydrogen-bond donors (Lipinski definition) is 1. The van der Waals surface area contributed by atoms with Gasteiger partial charge in [-0.2, -0.15) is 0 Å². The van der Waals surface area contributed by atoms with E-state index in [2.05, 4.69) is 21.2 Å². The summed E-state index contributed by atoms with van der Waals surface area (Å²) in [5, 5.41) is 3.68. The molecule has 3 nitrogen and oxygen atoms in total. The zero-order chi connectivity index (χ0) is 15.4. The van der Waals surface area contributed by atoms with Gasteiger partial charge in [-0.25, -0.2) is 4.79 Å². The summed E-state index contributed by atoms with van der Waals surface area (Å²) < 4.78 is 5.74. The van der Waals surface area contributed by atoms with Crippen LogP contribution in [-0.4, -0.2) is 13.1 Å². The molecule has 0 bridgehead atoms. The molecule has 2 aromatic carbocycles. The molecule has 0 amide bonds. The van der Waals surface area contributed by atoms with E-state index < -0.39 is 12.0 Å². The Morgan fingerprint density at radius 3 is 2.71 bits per heavy atom. The maximum Gasteiger partial charge on any atom is 0.333 e. The van der Waals surface area contributed by atoms with Crippen LogP contribution in [-0.2, 0) is 9.53 Å². The third-order valence-corrected chi connectivity index (χ3v) is 3.87. The molecule has 1 N–H and O–H groups in total. The molecular weight excluding hydrogens is 354 g/mol. The van der Waals surface area contributed by atoms with Gasteiger partial charge >= 0.3 is 5.97 Å². The van der Waals surface area contributed by atoms with Crippen LogP contribution in [0, 0.1) is 6.92 Å². The number of halogens is 2. The van der Waals surface area contributed by atoms with E-state index in [0.29, 0.717) is 10.6 Å². The summed E-state index contributed by atoms with van der Waals surface area (Å²) >= 11 is 9.62. The Morgan fingerprint density at radius 1 is 1.29 bits per heavy atom. The van der Waals surface area contributed by atoms with Crippen molar-refractivity contribution in [3.63, 3.8) is 0 Å². The lowest BCUT2D eigenvalue weighted by Crippen LogP contribution is -2.22. The number of ether oxygens (including phenoxy) is 1. The lowest BCUT2D eigenvalue weighted by molar-refractivity contribution is -0.141. The largest absolute Gasteiger partial charge is 0.467 e. The topological polar surface area (TPSA) is 38.3 Å². The highest BCUT2D eigenvalue weighted by Crippen LogP contribution is 2.30. The standard InChI is InChI=1S/C16H15BrClNO2/c1-10-4-3-5-12(8-10)19-15(16(20)21-2)13-9-11(17)6-7-14(13)18/h3-9,15,19H,1-2H3. The second kappa shape index (κ2) is 6.96. The van der Waals surface area contributed by atoms with Crippen LogP contribution >= 0.6 is 27.5 Å². The van der Waals surface area contributed by atoms with Gasteiger partial charge in [0.25, 0.3) is 0 Å². The minimum atomic E-state index is -0.665. The smallest absolute Gasteiger partial charge is 0.333 e. The van der Waals surface area contributed by atoms with Crippen molar-refractivity contribution < 1.29 is 9.53 Å². The van der Waals surface area contributed by atoms with Crippen LogP contribution in [0.5, 0.6) is 0 Å². The number of benzene rings is 2. The average Bonchev–Trinajstić information content (AvgIpc) is 2.47. The number of methoxy groups -OCH3 is 1. The molecule has 0 aliphatic rings. The van der Waals surface area contributed by atoms with E-state index in [4.69, 9.17) is 16.3 Å². The summed E-state index contributed by atoms with van der Waals surface area (Å²) in [5.74, 6) is -0.392. The molecule has 2 rings (SSSR count). The zero-order valence-corrected chi connectivity index (χ0v) is 14.0. The third-order valence-electron chi connectivity index (χ3n) is 3.04. The van der Waals surface area contributed by atoms with E-state index in [1.54, 1.807) is 6.07 Å². The van der Waals surface area contributed by atoms with Crippen LogP contribution in [0.3, 0.4) is 0 Å². The first-order valence-corrected chi connectivity index (χ1v) is 7.54. The Kier molecular flexibility index (Phi) is 5.26. The fraction of sp³-hybridized carbons (Fsp3) is 0.188. The van der Waals surface area contributed by atoms with Crippen LogP contribution in [0.2, 0.25) is 5.02 Å². The van der Waals surface area contributed by atoms with Gasteiger partial charge in [0.15, 0.2) is 6.04 Å². The van der Waals surface area contributed by atoms with Gasteiger partial charge in [0, 0.05) is 20.7 Å². The third kappa shape index (κ3) is 3.99. The minimum Gasteiger partial charge on any atom is -0.467 e. The molecule has 110 valence electrons. The molecular formula is C16H15BrClNO2. The first-order valence-electron chi connectivity index (χ1n) is 6.37. The summed E-state index contributed by atoms with van der Waals surface area (Å²) in [7, 11) is 1.36. The van der Waals surface area contributed by atoms with E-state index in [1.807, 2.05) is 43.3 Å². The summed E-state index contributed by atoms with van der Waals surface area (Å²) in [6.07, 6.45) is 0. The van der Waals surface area contributed by atoms with Gasteiger partial charge in [-0.05, 0) is 42.8 Å². The first-order chi connectivity index (χ1) is 10.0. The van der Waals surface area contributed by atoms with Crippen LogP contribution in [0.25, 0.3) is 0 Å². The lowest BCUT2D eigenvalue weighted by Gasteiger charge is -2.19. The molecule has 1 atom stereocenters. The minimum absolute atomic E-state index is 0.392. The molecule has 0 radical (unpaired) electrons. The molecule has 21 heavy (non-hydrogen) atoms. The van der Waals surface area contributed by atoms with Crippen molar-refractivity contribution >= 4 is 39.2 Å². The van der Waals surface area contributed by atoms with Crippen molar-refractivity contribution in [2.45, 2.75) is 13.0 Å². The number of carbonyl (C=O) groups is 1. The van der Waals surface area contributed by atoms with Gasteiger partial charge in [-0.3, -0.25) is 0 Å². The summed E-state index contributed by atoms with van der Waals surface area (Å²) in [5.41, 5.74) is 2.60. The Morgan fingerprint density at radius 2 is 2.05 bits per heavy atom. The molecule has 1 unspecified atom stereocenters. The molecule has 0 heterocycles. The van der Waals surface area contributed by atoms with E-state index in [0.717, 1.165) is 15.7 Å². The van der Waals surface area contributed by atoms with Crippen molar-refractivity contribution in [1.82, 2.24) is 0 Å². The predicted molar refractivity (Wildman–Crippen MR) is 88.7 cm³/mol. The number of esters is 1. The van der Waals surface area contributed by atoms with E-state index in [-0.39, 0.29) is 0 Å². The zero-order valence-electron chi connectivity index (χ0n) is 11.7. The number of hydrogen-bond acceptors (Lipinski definition) is 3. The summed E-state index contributed by atoms with van der Waals surface area (Å²) in [6.45, 7) is 1.99. The number of rotatable bonds is 4.